The number of ether oxygens (including phenoxy) is 10. The highest BCUT2D eigenvalue weighted by Crippen LogP contribution is 2.75. The molecule has 4 saturated carbocycles. The highest BCUT2D eigenvalue weighted by molar-refractivity contribution is 5.90. The standard InChI is InChI=1S/C60H98O30/c1-55(2)14-23-22-8-9-30-57(5)12-11-32(89-52-45(77)41(73)36(68)27(87-52)19-81-50-43(75)38(70)33(65)24(16-61)84-50)56(3,4)29(57)10-13-58(30,6)59(22,7)15-31(64)60(23,49(80)48(55)79)21-83-54-47(90-53-46(78)40(72)35(67)26(18-63)86-53)42(74)37(69)28(88-54)20-82-51-44(76)39(71)34(66)25(17-62)85-51/h8,23-30,32-54,61-63,65-80H,9-21H2,1-7H3/t23-,24+,25-,26+,27+,28-,29-,30+,32+,33+,34-,35+,36+,37-,38-,39+,40-,41-,42+,43+,44-,45+,46+,47-,48-,49-,50+,51-,52-,53-,54-,57-,58+,59+,60-/m0/s1. The number of allylic oxidation sites excluding steroid dienone is 2. The van der Waals surface area contributed by atoms with Crippen LogP contribution in [0.15, 0.2) is 11.6 Å². The van der Waals surface area contributed by atoms with E-state index in [4.69, 9.17) is 47.4 Å². The second-order valence-electron chi connectivity index (χ2n) is 29.3. The number of ketones is 1. The molecule has 10 rings (SSSR count). The van der Waals surface area contributed by atoms with Crippen molar-refractivity contribution in [2.75, 3.05) is 39.6 Å². The summed E-state index contributed by atoms with van der Waals surface area (Å²) in [6.45, 7) is 9.93. The number of rotatable bonds is 16. The van der Waals surface area contributed by atoms with E-state index in [1.54, 1.807) is 13.8 Å². The summed E-state index contributed by atoms with van der Waals surface area (Å²) in [4.78, 5) is 15.9. The van der Waals surface area contributed by atoms with E-state index in [2.05, 4.69) is 40.7 Å². The molecule has 5 saturated heterocycles. The van der Waals surface area contributed by atoms with Gasteiger partial charge in [-0.2, -0.15) is 0 Å². The van der Waals surface area contributed by atoms with E-state index in [0.29, 0.717) is 32.1 Å². The summed E-state index contributed by atoms with van der Waals surface area (Å²) >= 11 is 0. The first-order valence-electron chi connectivity index (χ1n) is 31.5. The Morgan fingerprint density at radius 3 is 1.43 bits per heavy atom. The molecule has 5 heterocycles. The summed E-state index contributed by atoms with van der Waals surface area (Å²) in [5.41, 5.74) is -4.54. The molecule has 0 amide bonds. The Morgan fingerprint density at radius 2 is 0.922 bits per heavy atom. The van der Waals surface area contributed by atoms with Gasteiger partial charge < -0.3 is 144 Å². The molecule has 0 spiro atoms. The molecule has 19 N–H and O–H groups in total. The van der Waals surface area contributed by atoms with Crippen LogP contribution in [0.25, 0.3) is 0 Å². The van der Waals surface area contributed by atoms with Crippen LogP contribution in [0.3, 0.4) is 0 Å². The minimum absolute atomic E-state index is 0.0340. The topological polar surface area (TPSA) is 494 Å². The Morgan fingerprint density at radius 1 is 0.478 bits per heavy atom. The van der Waals surface area contributed by atoms with Crippen molar-refractivity contribution >= 4 is 5.78 Å². The van der Waals surface area contributed by atoms with E-state index < -0.39 is 256 Å². The quantitative estimate of drug-likeness (QED) is 0.0505. The van der Waals surface area contributed by atoms with Gasteiger partial charge in [0, 0.05) is 11.8 Å². The first kappa shape index (κ1) is 71.0. The molecule has 10 aliphatic rings. The molecular weight excluding hydrogens is 1200 g/mol. The highest BCUT2D eigenvalue weighted by atomic mass is 16.8. The zero-order chi connectivity index (χ0) is 66.0. The van der Waals surface area contributed by atoms with Gasteiger partial charge in [-0.3, -0.25) is 4.79 Å². The molecule has 30 nitrogen and oxygen atoms in total. The van der Waals surface area contributed by atoms with Gasteiger partial charge in [0.15, 0.2) is 31.5 Å². The van der Waals surface area contributed by atoms with Crippen molar-refractivity contribution in [3.8, 4) is 0 Å². The zero-order valence-electron chi connectivity index (χ0n) is 51.7. The number of hydrogen-bond acceptors (Lipinski definition) is 30. The fourth-order valence-electron chi connectivity index (χ4n) is 17.8. The molecule has 9 fully saturated rings. The number of Topliss-reactive ketones (excluding diaryl/α,β-unsaturated/α-hetero) is 1. The van der Waals surface area contributed by atoms with Crippen LogP contribution in [-0.2, 0) is 52.2 Å². The molecule has 0 aromatic rings. The molecule has 35 atom stereocenters. The van der Waals surface area contributed by atoms with Gasteiger partial charge in [0.1, 0.15) is 128 Å². The summed E-state index contributed by atoms with van der Waals surface area (Å²) < 4.78 is 59.5. The second-order valence-corrected chi connectivity index (χ2v) is 29.3. The van der Waals surface area contributed by atoms with E-state index in [1.807, 2.05) is 0 Å². The monoisotopic (exact) mass is 1300 g/mol. The largest absolute Gasteiger partial charge is 0.394 e. The molecular formula is C60H98O30. The third-order valence-corrected chi connectivity index (χ3v) is 23.6. The Hall–Kier alpha value is -1.75. The lowest BCUT2D eigenvalue weighted by molar-refractivity contribution is -0.375. The molecule has 0 unspecified atom stereocenters. The molecule has 518 valence electrons. The van der Waals surface area contributed by atoms with Crippen molar-refractivity contribution < 1.29 is 149 Å². The fourth-order valence-corrected chi connectivity index (χ4v) is 17.8. The van der Waals surface area contributed by atoms with Gasteiger partial charge in [-0.25, -0.2) is 0 Å². The number of aliphatic hydroxyl groups excluding tert-OH is 19. The molecule has 0 bridgehead atoms. The SMILES string of the molecule is CC1(C)C[C@H]2C3=CC[C@@H]4[C@@]5(C)CC[C@@H](O[C@@H]6O[C@H](CO[C@@H]7O[C@H](CO)[C@@H](O)[C@H](O)[C@H]7O)[C@@H](O)[C@H](O)[C@H]6O)C(C)(C)[C@@H]5CC[C@@]4(C)[C@]3(C)CC(=O)[C@@]2(CO[C@H]2O[C@@H](CO[C@H]3O[C@@H](CO)[C@H](O)[C@@H](O)[C@@H]3O)[C@H](O)[C@@H](O)[C@@H]2O[C@@H]2O[C@H](CO)[C@@H](O)[C@H](O)[C@H]2O)[C@@H](O)[C@@H]1O. The Balaban J connectivity index is 0.902. The lowest BCUT2D eigenvalue weighted by Gasteiger charge is -2.71. The van der Waals surface area contributed by atoms with Crippen molar-refractivity contribution in [3.05, 3.63) is 11.6 Å². The molecule has 30 heteroatoms. The van der Waals surface area contributed by atoms with Crippen LogP contribution in [0, 0.1) is 50.2 Å². The van der Waals surface area contributed by atoms with Crippen molar-refractivity contribution in [2.45, 2.75) is 265 Å². The third-order valence-electron chi connectivity index (χ3n) is 23.6. The van der Waals surface area contributed by atoms with Crippen molar-refractivity contribution in [1.29, 1.82) is 0 Å². The summed E-state index contributed by atoms with van der Waals surface area (Å²) in [5.74, 6) is -1.35. The summed E-state index contributed by atoms with van der Waals surface area (Å²) in [6, 6.07) is 0. The van der Waals surface area contributed by atoms with Crippen molar-refractivity contribution in [3.63, 3.8) is 0 Å². The number of fused-ring (bicyclic) bond motifs is 7. The number of carbonyl (C=O) groups is 1. The Kier molecular flexibility index (Phi) is 20.7. The van der Waals surface area contributed by atoms with Gasteiger partial charge in [-0.05, 0) is 77.9 Å². The molecule has 0 radical (unpaired) electrons. The Bertz CT molecular complexity index is 2510. The smallest absolute Gasteiger partial charge is 0.187 e. The van der Waals surface area contributed by atoms with E-state index in [9.17, 15) is 97.0 Å². The number of carbonyl (C=O) groups excluding carboxylic acids is 1. The average molecular weight is 1300 g/mol. The van der Waals surface area contributed by atoms with Crippen LogP contribution in [0.2, 0.25) is 0 Å². The number of aliphatic hydroxyl groups is 19. The average Bonchev–Trinajstić information content (AvgIpc) is 0.672. The van der Waals surface area contributed by atoms with E-state index >= 15 is 4.79 Å². The zero-order valence-corrected chi connectivity index (χ0v) is 51.7. The van der Waals surface area contributed by atoms with Gasteiger partial charge >= 0.3 is 0 Å². The normalized spacial score (nSPS) is 54.4. The van der Waals surface area contributed by atoms with Gasteiger partial charge in [0.05, 0.1) is 63.4 Å². The molecule has 0 aromatic carbocycles. The van der Waals surface area contributed by atoms with Crippen LogP contribution < -0.4 is 0 Å². The van der Waals surface area contributed by atoms with Crippen LogP contribution in [0.5, 0.6) is 0 Å². The maximum absolute atomic E-state index is 15.9. The minimum atomic E-state index is -2.07. The van der Waals surface area contributed by atoms with Crippen molar-refractivity contribution in [2.24, 2.45) is 50.2 Å². The molecule has 0 aromatic heterocycles. The van der Waals surface area contributed by atoms with E-state index in [0.717, 1.165) is 5.57 Å². The van der Waals surface area contributed by atoms with Gasteiger partial charge in [-0.1, -0.05) is 60.1 Å². The molecule has 5 aliphatic heterocycles. The summed E-state index contributed by atoms with van der Waals surface area (Å²) in [6.07, 6.45) is -42.0. The van der Waals surface area contributed by atoms with E-state index in [-0.39, 0.29) is 24.7 Å². The van der Waals surface area contributed by atoms with Gasteiger partial charge in [-0.15, -0.1) is 0 Å². The highest BCUT2D eigenvalue weighted by Gasteiger charge is 2.73. The van der Waals surface area contributed by atoms with Crippen LogP contribution in [0.4, 0.5) is 0 Å². The van der Waals surface area contributed by atoms with Crippen LogP contribution in [-0.4, -0.2) is 314 Å². The lowest BCUT2D eigenvalue weighted by Crippen LogP contribution is -2.71. The first-order valence-corrected chi connectivity index (χ1v) is 31.5. The maximum atomic E-state index is 15.9. The Labute approximate surface area is 520 Å². The van der Waals surface area contributed by atoms with Gasteiger partial charge in [0.2, 0.25) is 0 Å². The minimum Gasteiger partial charge on any atom is -0.394 e. The van der Waals surface area contributed by atoms with E-state index in [1.165, 1.54) is 0 Å². The summed E-state index contributed by atoms with van der Waals surface area (Å²) in [7, 11) is 0. The predicted molar refractivity (Wildman–Crippen MR) is 298 cm³/mol. The second kappa shape index (κ2) is 26.2. The van der Waals surface area contributed by atoms with Crippen LogP contribution in [0.1, 0.15) is 93.4 Å². The molecule has 90 heavy (non-hydrogen) atoms. The third kappa shape index (κ3) is 11.6. The van der Waals surface area contributed by atoms with Gasteiger partial charge in [0.25, 0.3) is 0 Å². The molecule has 5 aliphatic carbocycles. The van der Waals surface area contributed by atoms with Crippen molar-refractivity contribution in [1.82, 2.24) is 0 Å². The maximum Gasteiger partial charge on any atom is 0.187 e. The number of hydrogen-bond donors (Lipinski definition) is 19. The first-order chi connectivity index (χ1) is 42.1. The van der Waals surface area contributed by atoms with Crippen LogP contribution >= 0.6 is 0 Å². The predicted octanol–water partition coefficient (Wildman–Crippen LogP) is -6.62. The summed E-state index contributed by atoms with van der Waals surface area (Å²) in [5, 5.41) is 206. The lowest BCUT2D eigenvalue weighted by atomic mass is 9.33. The fraction of sp³-hybridized carbons (Fsp3) is 0.950.